The quantitative estimate of drug-likeness (QED) is 0.0359. The second-order valence-corrected chi connectivity index (χ2v) is 15.5. The zero-order valence-electron chi connectivity index (χ0n) is 33.9. The van der Waals surface area contributed by atoms with E-state index in [9.17, 15) is 14.4 Å². The van der Waals surface area contributed by atoms with Crippen molar-refractivity contribution in [3.05, 3.63) is 0 Å². The normalized spacial score (nSPS) is 11.9. The Labute approximate surface area is 310 Å². The summed E-state index contributed by atoms with van der Waals surface area (Å²) in [4.78, 5) is 37.3. The summed E-state index contributed by atoms with van der Waals surface area (Å²) in [6.45, 7) is 8.90. The van der Waals surface area contributed by atoms with E-state index in [4.69, 9.17) is 14.2 Å². The number of carbonyl (C=O) groups is 3. The molecule has 0 spiro atoms. The fraction of sp³-hybridized carbons (Fsp3) is 0.932. The summed E-state index contributed by atoms with van der Waals surface area (Å²) >= 11 is 0. The van der Waals surface area contributed by atoms with Gasteiger partial charge in [-0.3, -0.25) is 14.4 Å². The molecule has 0 N–H and O–H groups in total. The molecule has 0 radical (unpaired) electrons. The Morgan fingerprint density at radius 2 is 0.660 bits per heavy atom. The standard InChI is InChI=1S/C44H84O6/c1-5-7-9-11-12-20-25-29-33-37-44(47)50-41(38-48-42(45)35-31-26-10-8-6-2)39-49-43(46)36-32-28-24-22-19-17-15-13-14-16-18-21-23-27-30-34-40(3)4/h40-41H,5-39H2,1-4H3/t41-/m0/s1. The van der Waals surface area contributed by atoms with E-state index in [1.54, 1.807) is 0 Å². The van der Waals surface area contributed by atoms with Crippen molar-refractivity contribution in [2.75, 3.05) is 13.2 Å². The van der Waals surface area contributed by atoms with E-state index < -0.39 is 6.10 Å². The molecule has 0 heterocycles. The SMILES string of the molecule is CCCCCCCCCCCC(=O)O[C@@H](COC(=O)CCCCCCC)COC(=O)CCCCCCCCCCCCCCCCCC(C)C. The molecule has 0 unspecified atom stereocenters. The first-order valence-electron chi connectivity index (χ1n) is 21.9. The van der Waals surface area contributed by atoms with Gasteiger partial charge in [-0.05, 0) is 25.2 Å². The van der Waals surface area contributed by atoms with Gasteiger partial charge in [-0.2, -0.15) is 0 Å². The molecule has 6 heteroatoms. The maximum absolute atomic E-state index is 12.6. The second-order valence-electron chi connectivity index (χ2n) is 15.5. The highest BCUT2D eigenvalue weighted by Crippen LogP contribution is 2.16. The van der Waals surface area contributed by atoms with Crippen LogP contribution in [0.5, 0.6) is 0 Å². The molecule has 0 fully saturated rings. The van der Waals surface area contributed by atoms with E-state index in [-0.39, 0.29) is 31.1 Å². The van der Waals surface area contributed by atoms with Crippen molar-refractivity contribution in [2.24, 2.45) is 5.92 Å². The number of unbranched alkanes of at least 4 members (excludes halogenated alkanes) is 26. The van der Waals surface area contributed by atoms with Crippen molar-refractivity contribution in [2.45, 2.75) is 246 Å². The lowest BCUT2D eigenvalue weighted by molar-refractivity contribution is -0.167. The van der Waals surface area contributed by atoms with Crippen LogP contribution in [0.1, 0.15) is 240 Å². The average molecular weight is 709 g/mol. The van der Waals surface area contributed by atoms with Crippen molar-refractivity contribution >= 4 is 17.9 Å². The van der Waals surface area contributed by atoms with Crippen LogP contribution in [0.25, 0.3) is 0 Å². The molecule has 0 aliphatic rings. The second kappa shape index (κ2) is 38.6. The van der Waals surface area contributed by atoms with Crippen molar-refractivity contribution in [3.63, 3.8) is 0 Å². The third-order valence-corrected chi connectivity index (χ3v) is 9.79. The third-order valence-electron chi connectivity index (χ3n) is 9.79. The Hall–Kier alpha value is -1.59. The van der Waals surface area contributed by atoms with Crippen LogP contribution < -0.4 is 0 Å². The van der Waals surface area contributed by atoms with Gasteiger partial charge >= 0.3 is 17.9 Å². The third kappa shape index (κ3) is 37.7. The fourth-order valence-electron chi connectivity index (χ4n) is 6.45. The molecule has 50 heavy (non-hydrogen) atoms. The van der Waals surface area contributed by atoms with Gasteiger partial charge in [-0.25, -0.2) is 0 Å². The molecule has 0 saturated heterocycles. The number of rotatable bonds is 39. The van der Waals surface area contributed by atoms with Crippen LogP contribution in [0, 0.1) is 5.92 Å². The summed E-state index contributed by atoms with van der Waals surface area (Å²) in [6, 6.07) is 0. The maximum atomic E-state index is 12.6. The Bertz CT molecular complexity index is 751. The van der Waals surface area contributed by atoms with Gasteiger partial charge in [0, 0.05) is 19.3 Å². The van der Waals surface area contributed by atoms with Gasteiger partial charge in [0.15, 0.2) is 6.10 Å². The van der Waals surface area contributed by atoms with Crippen molar-refractivity contribution in [1.29, 1.82) is 0 Å². The summed E-state index contributed by atoms with van der Waals surface area (Å²) in [5.41, 5.74) is 0. The predicted octanol–water partition coefficient (Wildman–Crippen LogP) is 13.6. The fourth-order valence-corrected chi connectivity index (χ4v) is 6.45. The first kappa shape index (κ1) is 48.4. The van der Waals surface area contributed by atoms with E-state index in [1.165, 1.54) is 128 Å². The van der Waals surface area contributed by atoms with E-state index in [1.807, 2.05) is 0 Å². The predicted molar refractivity (Wildman–Crippen MR) is 210 cm³/mol. The van der Waals surface area contributed by atoms with E-state index >= 15 is 0 Å². The Morgan fingerprint density at radius 3 is 0.980 bits per heavy atom. The summed E-state index contributed by atoms with van der Waals surface area (Å²) in [5, 5.41) is 0. The lowest BCUT2D eigenvalue weighted by atomic mass is 10.0. The largest absolute Gasteiger partial charge is 0.462 e. The van der Waals surface area contributed by atoms with Crippen LogP contribution in [-0.4, -0.2) is 37.2 Å². The highest BCUT2D eigenvalue weighted by molar-refractivity contribution is 5.71. The van der Waals surface area contributed by atoms with Gasteiger partial charge in [-0.1, -0.05) is 201 Å². The Balaban J connectivity index is 4.10. The number of esters is 3. The molecular weight excluding hydrogens is 624 g/mol. The molecule has 0 aromatic heterocycles. The number of ether oxygens (including phenoxy) is 3. The molecule has 0 aromatic carbocycles. The van der Waals surface area contributed by atoms with E-state index in [0.717, 1.165) is 70.1 Å². The maximum Gasteiger partial charge on any atom is 0.306 e. The Kier molecular flexibility index (Phi) is 37.4. The summed E-state index contributed by atoms with van der Waals surface area (Å²) in [7, 11) is 0. The molecule has 0 aromatic rings. The first-order valence-corrected chi connectivity index (χ1v) is 21.9. The van der Waals surface area contributed by atoms with Crippen LogP contribution in [-0.2, 0) is 28.6 Å². The topological polar surface area (TPSA) is 78.9 Å². The molecule has 0 aliphatic heterocycles. The zero-order valence-corrected chi connectivity index (χ0v) is 33.9. The minimum absolute atomic E-state index is 0.0651. The molecule has 0 saturated carbocycles. The minimum Gasteiger partial charge on any atom is -0.462 e. The molecule has 1 atom stereocenters. The lowest BCUT2D eigenvalue weighted by Crippen LogP contribution is -2.30. The summed E-state index contributed by atoms with van der Waals surface area (Å²) < 4.78 is 16.5. The zero-order chi connectivity index (χ0) is 36.8. The average Bonchev–Trinajstić information content (AvgIpc) is 3.09. The van der Waals surface area contributed by atoms with Crippen LogP contribution >= 0.6 is 0 Å². The molecule has 0 aliphatic carbocycles. The molecular formula is C44H84O6. The highest BCUT2D eigenvalue weighted by atomic mass is 16.6. The van der Waals surface area contributed by atoms with Crippen LogP contribution in [0.4, 0.5) is 0 Å². The van der Waals surface area contributed by atoms with Crippen molar-refractivity contribution < 1.29 is 28.6 Å². The number of hydrogen-bond donors (Lipinski definition) is 0. The first-order chi connectivity index (χ1) is 24.4. The number of carbonyl (C=O) groups excluding carboxylic acids is 3. The molecule has 6 nitrogen and oxygen atoms in total. The van der Waals surface area contributed by atoms with Crippen molar-refractivity contribution in [3.8, 4) is 0 Å². The molecule has 0 amide bonds. The van der Waals surface area contributed by atoms with Gasteiger partial charge in [-0.15, -0.1) is 0 Å². The van der Waals surface area contributed by atoms with E-state index in [2.05, 4.69) is 27.7 Å². The lowest BCUT2D eigenvalue weighted by Gasteiger charge is -2.18. The molecule has 296 valence electrons. The minimum atomic E-state index is -0.756. The highest BCUT2D eigenvalue weighted by Gasteiger charge is 2.19. The smallest absolute Gasteiger partial charge is 0.306 e. The Morgan fingerprint density at radius 1 is 0.380 bits per heavy atom. The van der Waals surface area contributed by atoms with Gasteiger partial charge in [0.1, 0.15) is 13.2 Å². The molecule has 0 rings (SSSR count). The monoisotopic (exact) mass is 709 g/mol. The van der Waals surface area contributed by atoms with E-state index in [0.29, 0.717) is 19.3 Å². The van der Waals surface area contributed by atoms with Gasteiger partial charge in [0.25, 0.3) is 0 Å². The van der Waals surface area contributed by atoms with Crippen LogP contribution in [0.15, 0.2) is 0 Å². The van der Waals surface area contributed by atoms with Gasteiger partial charge in [0.05, 0.1) is 0 Å². The summed E-state index contributed by atoms with van der Waals surface area (Å²) in [5.74, 6) is -0.0242. The summed E-state index contributed by atoms with van der Waals surface area (Å²) in [6.07, 6.45) is 36.9. The molecule has 0 bridgehead atoms. The van der Waals surface area contributed by atoms with Crippen molar-refractivity contribution in [1.82, 2.24) is 0 Å². The number of hydrogen-bond acceptors (Lipinski definition) is 6. The van der Waals surface area contributed by atoms with Gasteiger partial charge < -0.3 is 14.2 Å². The van der Waals surface area contributed by atoms with Crippen LogP contribution in [0.3, 0.4) is 0 Å². The van der Waals surface area contributed by atoms with Gasteiger partial charge in [0.2, 0.25) is 0 Å². The van der Waals surface area contributed by atoms with Crippen LogP contribution in [0.2, 0.25) is 0 Å².